The highest BCUT2D eigenvalue weighted by atomic mass is 31.0. The second kappa shape index (κ2) is 10.6. The van der Waals surface area contributed by atoms with Crippen LogP contribution in [0.15, 0.2) is 0 Å². The number of hydrogen-bond donors (Lipinski definition) is 0. The van der Waals surface area contributed by atoms with Gasteiger partial charge in [-0.1, -0.05) is 13.8 Å². The van der Waals surface area contributed by atoms with Gasteiger partial charge in [-0.05, 0) is 26.4 Å². The van der Waals surface area contributed by atoms with Crippen LogP contribution in [-0.4, -0.2) is 24.5 Å². The van der Waals surface area contributed by atoms with Crippen molar-refractivity contribution in [1.29, 1.82) is 0 Å². The van der Waals surface area contributed by atoms with Gasteiger partial charge < -0.3 is 4.74 Å². The molecule has 0 aliphatic carbocycles. The van der Waals surface area contributed by atoms with Crippen LogP contribution in [0.4, 0.5) is 0 Å². The Kier molecular flexibility index (Phi) is 12.2. The zero-order valence-electron chi connectivity index (χ0n) is 9.50. The van der Waals surface area contributed by atoms with Crippen molar-refractivity contribution >= 4 is 21.0 Å². The number of ketones is 1. The molecule has 2 atom stereocenters. The average Bonchev–Trinajstić information content (AvgIpc) is 2.06. The van der Waals surface area contributed by atoms with Crippen molar-refractivity contribution in [2.45, 2.75) is 34.1 Å². The number of carbonyl (C=O) groups excluding carboxylic acids is 2. The van der Waals surface area contributed by atoms with Crippen LogP contribution in [0.25, 0.3) is 0 Å². The molecule has 0 aromatic rings. The number of esters is 1. The molecule has 0 N–H and O–H groups in total. The van der Waals surface area contributed by atoms with Crippen molar-refractivity contribution < 1.29 is 14.3 Å². The van der Waals surface area contributed by atoms with E-state index in [4.69, 9.17) is 4.74 Å². The Morgan fingerprint density at radius 2 is 1.71 bits per heavy atom. The second-order valence-electron chi connectivity index (χ2n) is 2.73. The van der Waals surface area contributed by atoms with E-state index in [9.17, 15) is 9.59 Å². The second-order valence-corrected chi connectivity index (χ2v) is 3.55. The molecule has 0 heterocycles. The van der Waals surface area contributed by atoms with Gasteiger partial charge in [0.05, 0.1) is 6.61 Å². The molecule has 0 saturated carbocycles. The third-order valence-electron chi connectivity index (χ3n) is 1.47. The van der Waals surface area contributed by atoms with Crippen LogP contribution in [0.2, 0.25) is 0 Å². The molecular weight excluding hydrogens is 199 g/mol. The average molecular weight is 220 g/mol. The van der Waals surface area contributed by atoms with Crippen LogP contribution in [0.5, 0.6) is 0 Å². The number of rotatable bonds is 4. The predicted octanol–water partition coefficient (Wildman–Crippen LogP) is 2.05. The summed E-state index contributed by atoms with van der Waals surface area (Å²) >= 11 is 0. The van der Waals surface area contributed by atoms with E-state index in [2.05, 4.69) is 16.2 Å². The Labute approximate surface area is 88.8 Å². The normalized spacial score (nSPS) is 10.9. The third-order valence-corrected chi connectivity index (χ3v) is 1.47. The first-order valence-electron chi connectivity index (χ1n) is 4.92. The molecular formula is C10H21O3P. The van der Waals surface area contributed by atoms with E-state index >= 15 is 0 Å². The van der Waals surface area contributed by atoms with Crippen molar-refractivity contribution in [3.05, 3.63) is 0 Å². The van der Waals surface area contributed by atoms with Gasteiger partial charge in [0.1, 0.15) is 11.7 Å². The maximum Gasteiger partial charge on any atom is 0.316 e. The van der Waals surface area contributed by atoms with Crippen LogP contribution >= 0.6 is 9.24 Å². The SMILES string of the molecule is CCOC(=O)C(CC)C(C)=O.CCP. The molecule has 0 saturated heterocycles. The lowest BCUT2D eigenvalue weighted by atomic mass is 10.0. The molecule has 0 fully saturated rings. The zero-order valence-corrected chi connectivity index (χ0v) is 10.7. The summed E-state index contributed by atoms with van der Waals surface area (Å²) in [5, 5.41) is 0. The van der Waals surface area contributed by atoms with E-state index in [-0.39, 0.29) is 5.78 Å². The molecule has 0 aromatic carbocycles. The van der Waals surface area contributed by atoms with Crippen molar-refractivity contribution in [2.75, 3.05) is 12.8 Å². The molecule has 0 aromatic heterocycles. The lowest BCUT2D eigenvalue weighted by Gasteiger charge is -2.08. The summed E-state index contributed by atoms with van der Waals surface area (Å²) in [4.78, 5) is 21.8. The maximum absolute atomic E-state index is 11.0. The summed E-state index contributed by atoms with van der Waals surface area (Å²) in [6, 6.07) is 0. The highest BCUT2D eigenvalue weighted by molar-refractivity contribution is 7.16. The summed E-state index contributed by atoms with van der Waals surface area (Å²) in [5.41, 5.74) is 0. The number of hydrogen-bond acceptors (Lipinski definition) is 3. The summed E-state index contributed by atoms with van der Waals surface area (Å²) < 4.78 is 4.70. The quantitative estimate of drug-likeness (QED) is 0.413. The van der Waals surface area contributed by atoms with E-state index in [0.29, 0.717) is 13.0 Å². The van der Waals surface area contributed by atoms with Gasteiger partial charge in [-0.3, -0.25) is 9.59 Å². The van der Waals surface area contributed by atoms with Gasteiger partial charge in [-0.2, -0.15) is 0 Å². The molecule has 4 heteroatoms. The molecule has 0 radical (unpaired) electrons. The lowest BCUT2D eigenvalue weighted by molar-refractivity contribution is -0.151. The Morgan fingerprint density at radius 1 is 1.29 bits per heavy atom. The highest BCUT2D eigenvalue weighted by Gasteiger charge is 2.21. The number of carbonyl (C=O) groups is 2. The Hall–Kier alpha value is -0.430. The minimum atomic E-state index is -0.560. The summed E-state index contributed by atoms with van der Waals surface area (Å²) in [6.07, 6.45) is 1.69. The largest absolute Gasteiger partial charge is 0.465 e. The zero-order chi connectivity index (χ0) is 11.6. The first-order valence-corrected chi connectivity index (χ1v) is 5.73. The van der Waals surface area contributed by atoms with Crippen LogP contribution in [0.1, 0.15) is 34.1 Å². The van der Waals surface area contributed by atoms with E-state index in [1.165, 1.54) is 13.1 Å². The standard InChI is InChI=1S/C8H14O3.C2H7P/c1-4-7(6(3)9)8(10)11-5-2;1-2-3/h7H,4-5H2,1-3H3;2-3H2,1H3. The van der Waals surface area contributed by atoms with Gasteiger partial charge in [-0.25, -0.2) is 0 Å². The first-order chi connectivity index (χ1) is 6.54. The molecule has 2 unspecified atom stereocenters. The van der Waals surface area contributed by atoms with Crippen LogP contribution in [0, 0.1) is 5.92 Å². The predicted molar refractivity (Wildman–Crippen MR) is 61.3 cm³/mol. The molecule has 0 spiro atoms. The fourth-order valence-corrected chi connectivity index (χ4v) is 0.863. The van der Waals surface area contributed by atoms with Crippen molar-refractivity contribution in [3.8, 4) is 0 Å². The highest BCUT2D eigenvalue weighted by Crippen LogP contribution is 2.05. The van der Waals surface area contributed by atoms with Crippen LogP contribution in [0.3, 0.4) is 0 Å². The van der Waals surface area contributed by atoms with Gasteiger partial charge >= 0.3 is 5.97 Å². The van der Waals surface area contributed by atoms with Crippen molar-refractivity contribution in [3.63, 3.8) is 0 Å². The van der Waals surface area contributed by atoms with Gasteiger partial charge in [-0.15, -0.1) is 9.24 Å². The lowest BCUT2D eigenvalue weighted by Crippen LogP contribution is -2.23. The molecule has 0 amide bonds. The topological polar surface area (TPSA) is 43.4 Å². The third kappa shape index (κ3) is 8.18. The van der Waals surface area contributed by atoms with E-state index in [1.807, 2.05) is 0 Å². The monoisotopic (exact) mass is 220 g/mol. The van der Waals surface area contributed by atoms with Gasteiger partial charge in [0.15, 0.2) is 0 Å². The summed E-state index contributed by atoms with van der Waals surface area (Å²) in [7, 11) is 2.58. The molecule has 0 rings (SSSR count). The van der Waals surface area contributed by atoms with E-state index in [0.717, 1.165) is 0 Å². The molecule has 3 nitrogen and oxygen atoms in total. The fourth-order valence-electron chi connectivity index (χ4n) is 0.863. The summed E-state index contributed by atoms with van der Waals surface area (Å²) in [5.74, 6) is -1.08. The Bertz CT molecular complexity index is 169. The first kappa shape index (κ1) is 16.0. The number of Topliss-reactive ketones (excluding diaryl/α,β-unsaturated/α-hetero) is 1. The molecule has 14 heavy (non-hydrogen) atoms. The summed E-state index contributed by atoms with van der Waals surface area (Å²) in [6.45, 7) is 7.35. The van der Waals surface area contributed by atoms with E-state index in [1.54, 1.807) is 13.8 Å². The van der Waals surface area contributed by atoms with Gasteiger partial charge in [0.25, 0.3) is 0 Å². The number of ether oxygens (including phenoxy) is 1. The Balaban J connectivity index is 0. The van der Waals surface area contributed by atoms with E-state index < -0.39 is 11.9 Å². The molecule has 84 valence electrons. The molecule has 0 aliphatic heterocycles. The van der Waals surface area contributed by atoms with Crippen LogP contribution < -0.4 is 0 Å². The minimum Gasteiger partial charge on any atom is -0.465 e. The van der Waals surface area contributed by atoms with Gasteiger partial charge in [0.2, 0.25) is 0 Å². The maximum atomic E-state index is 11.0. The van der Waals surface area contributed by atoms with Crippen molar-refractivity contribution in [1.82, 2.24) is 0 Å². The molecule has 0 aliphatic rings. The van der Waals surface area contributed by atoms with Crippen molar-refractivity contribution in [2.24, 2.45) is 5.92 Å². The fraction of sp³-hybridized carbons (Fsp3) is 0.800. The Morgan fingerprint density at radius 3 is 1.93 bits per heavy atom. The molecule has 0 bridgehead atoms. The minimum absolute atomic E-state index is 0.119. The van der Waals surface area contributed by atoms with Crippen LogP contribution in [-0.2, 0) is 14.3 Å². The van der Waals surface area contributed by atoms with Gasteiger partial charge in [0, 0.05) is 0 Å². The smallest absolute Gasteiger partial charge is 0.316 e.